The number of hydrogen-bond acceptors (Lipinski definition) is 5. The SMILES string of the molecule is CC(C)C[C@H]1COc2cc(N3CCOCC3)ccc2S(=O)(=O)N1. The summed E-state index contributed by atoms with van der Waals surface area (Å²) < 4.78 is 39.0. The molecule has 1 saturated heterocycles. The molecule has 1 fully saturated rings. The molecule has 0 aromatic heterocycles. The van der Waals surface area contributed by atoms with Gasteiger partial charge in [-0.25, -0.2) is 13.1 Å². The minimum atomic E-state index is -3.54. The van der Waals surface area contributed by atoms with E-state index < -0.39 is 10.0 Å². The molecule has 1 aromatic rings. The van der Waals surface area contributed by atoms with E-state index in [2.05, 4.69) is 23.5 Å². The van der Waals surface area contributed by atoms with Crippen LogP contribution < -0.4 is 14.4 Å². The summed E-state index contributed by atoms with van der Waals surface area (Å²) in [4.78, 5) is 2.41. The van der Waals surface area contributed by atoms with Crippen molar-refractivity contribution >= 4 is 15.7 Å². The number of sulfonamides is 1. The summed E-state index contributed by atoms with van der Waals surface area (Å²) in [6, 6.07) is 5.12. The molecule has 7 heteroatoms. The van der Waals surface area contributed by atoms with Gasteiger partial charge >= 0.3 is 0 Å². The average Bonchev–Trinajstić information content (AvgIpc) is 2.63. The highest BCUT2D eigenvalue weighted by atomic mass is 32.2. The van der Waals surface area contributed by atoms with Gasteiger partial charge in [-0.1, -0.05) is 13.8 Å². The molecule has 3 rings (SSSR count). The molecule has 0 amide bonds. The van der Waals surface area contributed by atoms with Crippen LogP contribution in [0.4, 0.5) is 5.69 Å². The van der Waals surface area contributed by atoms with E-state index >= 15 is 0 Å². The Labute approximate surface area is 137 Å². The van der Waals surface area contributed by atoms with Gasteiger partial charge in [0.25, 0.3) is 0 Å². The highest BCUT2D eigenvalue weighted by Gasteiger charge is 2.29. The van der Waals surface area contributed by atoms with Crippen molar-refractivity contribution in [3.05, 3.63) is 18.2 Å². The van der Waals surface area contributed by atoms with Gasteiger partial charge in [-0.3, -0.25) is 0 Å². The van der Waals surface area contributed by atoms with Gasteiger partial charge in [-0.05, 0) is 24.5 Å². The molecular weight excluding hydrogens is 316 g/mol. The maximum atomic E-state index is 12.5. The van der Waals surface area contributed by atoms with E-state index in [9.17, 15) is 8.42 Å². The van der Waals surface area contributed by atoms with Crippen LogP contribution >= 0.6 is 0 Å². The predicted molar refractivity (Wildman–Crippen MR) is 88.5 cm³/mol. The monoisotopic (exact) mass is 340 g/mol. The number of rotatable bonds is 3. The minimum absolute atomic E-state index is 0.195. The second kappa shape index (κ2) is 6.67. The number of hydrogen-bond donors (Lipinski definition) is 1. The van der Waals surface area contributed by atoms with E-state index in [1.165, 1.54) is 0 Å². The lowest BCUT2D eigenvalue weighted by Crippen LogP contribution is -2.37. The third kappa shape index (κ3) is 3.79. The second-order valence-electron chi connectivity index (χ2n) is 6.49. The molecule has 0 radical (unpaired) electrons. The lowest BCUT2D eigenvalue weighted by atomic mass is 10.1. The van der Waals surface area contributed by atoms with Crippen LogP contribution in [0.5, 0.6) is 5.75 Å². The molecule has 1 atom stereocenters. The third-order valence-corrected chi connectivity index (χ3v) is 5.67. The molecule has 0 spiro atoms. The molecule has 0 unspecified atom stereocenters. The van der Waals surface area contributed by atoms with Crippen LogP contribution in [-0.2, 0) is 14.8 Å². The van der Waals surface area contributed by atoms with Gasteiger partial charge in [0.2, 0.25) is 10.0 Å². The maximum absolute atomic E-state index is 12.5. The van der Waals surface area contributed by atoms with Crippen molar-refractivity contribution in [1.82, 2.24) is 4.72 Å². The zero-order valence-electron chi connectivity index (χ0n) is 13.6. The zero-order chi connectivity index (χ0) is 16.4. The first-order valence-corrected chi connectivity index (χ1v) is 9.56. The van der Waals surface area contributed by atoms with Crippen molar-refractivity contribution in [3.63, 3.8) is 0 Å². The number of fused-ring (bicyclic) bond motifs is 1. The molecule has 1 aromatic carbocycles. The fraction of sp³-hybridized carbons (Fsp3) is 0.625. The largest absolute Gasteiger partial charge is 0.490 e. The summed E-state index contributed by atoms with van der Waals surface area (Å²) in [5.74, 6) is 0.837. The lowest BCUT2D eigenvalue weighted by molar-refractivity contribution is 0.122. The second-order valence-corrected chi connectivity index (χ2v) is 8.17. The number of benzene rings is 1. The van der Waals surface area contributed by atoms with Crippen LogP contribution in [0.3, 0.4) is 0 Å². The van der Waals surface area contributed by atoms with E-state index in [-0.39, 0.29) is 10.9 Å². The van der Waals surface area contributed by atoms with Gasteiger partial charge in [0.05, 0.1) is 19.3 Å². The predicted octanol–water partition coefficient (Wildman–Crippen LogP) is 1.61. The Kier molecular flexibility index (Phi) is 4.79. The van der Waals surface area contributed by atoms with Crippen LogP contribution in [0, 0.1) is 5.92 Å². The molecule has 1 N–H and O–H groups in total. The molecule has 0 saturated carbocycles. The van der Waals surface area contributed by atoms with Gasteiger partial charge in [0, 0.05) is 24.8 Å². The first kappa shape index (κ1) is 16.5. The molecule has 128 valence electrons. The van der Waals surface area contributed by atoms with Crippen molar-refractivity contribution in [2.75, 3.05) is 37.8 Å². The number of ether oxygens (including phenoxy) is 2. The number of nitrogens with one attached hydrogen (secondary N) is 1. The summed E-state index contributed by atoms with van der Waals surface area (Å²) in [7, 11) is -3.54. The number of morpholine rings is 1. The number of anilines is 1. The molecule has 2 aliphatic heterocycles. The van der Waals surface area contributed by atoms with Gasteiger partial charge in [0.15, 0.2) is 0 Å². The van der Waals surface area contributed by atoms with Gasteiger partial charge < -0.3 is 14.4 Å². The Morgan fingerprint density at radius 2 is 2.04 bits per heavy atom. The van der Waals surface area contributed by atoms with Crippen molar-refractivity contribution < 1.29 is 17.9 Å². The van der Waals surface area contributed by atoms with E-state index in [4.69, 9.17) is 9.47 Å². The van der Waals surface area contributed by atoms with Gasteiger partial charge in [0.1, 0.15) is 17.3 Å². The Hall–Kier alpha value is -1.31. The maximum Gasteiger partial charge on any atom is 0.244 e. The van der Waals surface area contributed by atoms with Crippen LogP contribution in [-0.4, -0.2) is 47.4 Å². The van der Waals surface area contributed by atoms with Crippen molar-refractivity contribution in [2.24, 2.45) is 5.92 Å². The Balaban J connectivity index is 1.87. The van der Waals surface area contributed by atoms with E-state index in [0.29, 0.717) is 31.5 Å². The average molecular weight is 340 g/mol. The summed E-state index contributed by atoms with van der Waals surface area (Å²) in [5, 5.41) is 0. The van der Waals surface area contributed by atoms with E-state index in [1.54, 1.807) is 6.07 Å². The smallest absolute Gasteiger partial charge is 0.244 e. The summed E-state index contributed by atoms with van der Waals surface area (Å²) in [5.41, 5.74) is 0.976. The van der Waals surface area contributed by atoms with Crippen LogP contribution in [0.15, 0.2) is 23.1 Å². The van der Waals surface area contributed by atoms with E-state index in [0.717, 1.165) is 25.2 Å². The van der Waals surface area contributed by atoms with Gasteiger partial charge in [-0.2, -0.15) is 0 Å². The molecule has 2 aliphatic rings. The molecular formula is C16H24N2O4S. The van der Waals surface area contributed by atoms with E-state index in [1.807, 2.05) is 12.1 Å². The summed E-state index contributed by atoms with van der Waals surface area (Å²) >= 11 is 0. The fourth-order valence-electron chi connectivity index (χ4n) is 3.04. The molecule has 23 heavy (non-hydrogen) atoms. The molecule has 2 heterocycles. The third-order valence-electron chi connectivity index (χ3n) is 4.11. The lowest BCUT2D eigenvalue weighted by Gasteiger charge is -2.29. The van der Waals surface area contributed by atoms with Crippen LogP contribution in [0.1, 0.15) is 20.3 Å². The minimum Gasteiger partial charge on any atom is -0.490 e. The number of nitrogens with zero attached hydrogens (tertiary/aromatic N) is 1. The van der Waals surface area contributed by atoms with Crippen molar-refractivity contribution in [1.29, 1.82) is 0 Å². The van der Waals surface area contributed by atoms with Crippen LogP contribution in [0.25, 0.3) is 0 Å². The summed E-state index contributed by atoms with van der Waals surface area (Å²) in [6.45, 7) is 7.49. The molecule has 0 bridgehead atoms. The molecule has 6 nitrogen and oxygen atoms in total. The Bertz CT molecular complexity index is 654. The van der Waals surface area contributed by atoms with Crippen molar-refractivity contribution in [2.45, 2.75) is 31.2 Å². The molecule has 0 aliphatic carbocycles. The normalized spacial score (nSPS) is 24.0. The van der Waals surface area contributed by atoms with Gasteiger partial charge in [-0.15, -0.1) is 0 Å². The van der Waals surface area contributed by atoms with Crippen molar-refractivity contribution in [3.8, 4) is 5.75 Å². The zero-order valence-corrected chi connectivity index (χ0v) is 14.4. The highest BCUT2D eigenvalue weighted by Crippen LogP contribution is 2.32. The topological polar surface area (TPSA) is 67.9 Å². The first-order chi connectivity index (χ1) is 11.0. The Morgan fingerprint density at radius 3 is 2.74 bits per heavy atom. The summed E-state index contributed by atoms with van der Waals surface area (Å²) in [6.07, 6.45) is 0.754. The standard InChI is InChI=1S/C16H24N2O4S/c1-12(2)9-13-11-22-15-10-14(18-5-7-21-8-6-18)3-4-16(15)23(19,20)17-13/h3-4,10,12-13,17H,5-9,11H2,1-2H3/t13-/m0/s1. The fourth-order valence-corrected chi connectivity index (χ4v) is 4.40. The quantitative estimate of drug-likeness (QED) is 0.905. The first-order valence-electron chi connectivity index (χ1n) is 8.07. The van der Waals surface area contributed by atoms with Crippen LogP contribution in [0.2, 0.25) is 0 Å². The highest BCUT2D eigenvalue weighted by molar-refractivity contribution is 7.89. The Morgan fingerprint density at radius 1 is 1.30 bits per heavy atom.